The van der Waals surface area contributed by atoms with Crippen molar-refractivity contribution in [1.82, 2.24) is 23.3 Å². The van der Waals surface area contributed by atoms with Crippen molar-refractivity contribution in [3.8, 4) is 16.8 Å². The van der Waals surface area contributed by atoms with Crippen LogP contribution in [0.15, 0.2) is 144 Å². The van der Waals surface area contributed by atoms with E-state index < -0.39 is 0 Å². The summed E-state index contributed by atoms with van der Waals surface area (Å²) in [4.78, 5) is 23.8. The molecule has 4 heterocycles. The van der Waals surface area contributed by atoms with Gasteiger partial charge in [-0.05, 0) is 77.9 Å². The van der Waals surface area contributed by atoms with E-state index in [1.165, 1.54) is 21.8 Å². The van der Waals surface area contributed by atoms with E-state index in [1.807, 2.05) is 54.6 Å². The summed E-state index contributed by atoms with van der Waals surface area (Å²) in [5.74, 6) is 0. The van der Waals surface area contributed by atoms with Gasteiger partial charge in [-0.2, -0.15) is 0 Å². The first-order valence-electron chi connectivity index (χ1n) is 15.0. The van der Waals surface area contributed by atoms with E-state index in [9.17, 15) is 4.79 Å². The number of imidazole rings is 1. The molecular formula is C39H23N5O. The van der Waals surface area contributed by atoms with Crippen LogP contribution in [0.25, 0.3) is 82.9 Å². The molecule has 0 aliphatic heterocycles. The van der Waals surface area contributed by atoms with Crippen molar-refractivity contribution in [3.05, 3.63) is 150 Å². The summed E-state index contributed by atoms with van der Waals surface area (Å²) in [6, 6.07) is 47.7. The van der Waals surface area contributed by atoms with E-state index in [2.05, 4.69) is 93.9 Å². The first-order valence-corrected chi connectivity index (χ1v) is 15.0. The van der Waals surface area contributed by atoms with Gasteiger partial charge >= 0.3 is 0 Å². The zero-order valence-corrected chi connectivity index (χ0v) is 23.9. The van der Waals surface area contributed by atoms with Gasteiger partial charge in [-0.25, -0.2) is 9.97 Å². The van der Waals surface area contributed by atoms with Gasteiger partial charge in [0.25, 0.3) is 5.56 Å². The molecule has 0 spiro atoms. The average molecular weight is 578 g/mol. The molecule has 0 aliphatic carbocycles. The van der Waals surface area contributed by atoms with E-state index in [1.54, 1.807) is 4.40 Å². The summed E-state index contributed by atoms with van der Waals surface area (Å²) in [6.07, 6.45) is 0. The lowest BCUT2D eigenvalue weighted by atomic mass is 10.0. The van der Waals surface area contributed by atoms with Gasteiger partial charge in [-0.3, -0.25) is 13.6 Å². The maximum Gasteiger partial charge on any atom is 0.266 e. The minimum atomic E-state index is -0.0926. The zero-order chi connectivity index (χ0) is 29.6. The third-order valence-electron chi connectivity index (χ3n) is 9.01. The highest BCUT2D eigenvalue weighted by molar-refractivity contribution is 6.10. The van der Waals surface area contributed by atoms with Gasteiger partial charge in [0.1, 0.15) is 0 Å². The minimum Gasteiger partial charge on any atom is -0.309 e. The fraction of sp³-hybridized carbons (Fsp3) is 0. The molecule has 6 aromatic carbocycles. The fourth-order valence-electron chi connectivity index (χ4n) is 7.00. The number of benzene rings is 6. The second kappa shape index (κ2) is 8.88. The first-order chi connectivity index (χ1) is 22.2. The summed E-state index contributed by atoms with van der Waals surface area (Å²) in [7, 11) is 0. The molecular weight excluding hydrogens is 554 g/mol. The number of nitrogens with zero attached hydrogens (tertiary/aromatic N) is 5. The molecule has 210 valence electrons. The monoisotopic (exact) mass is 577 g/mol. The van der Waals surface area contributed by atoms with Crippen LogP contribution in [-0.2, 0) is 0 Å². The second-order valence-corrected chi connectivity index (χ2v) is 11.5. The van der Waals surface area contributed by atoms with Crippen molar-refractivity contribution in [2.24, 2.45) is 0 Å². The Labute approximate surface area is 255 Å². The summed E-state index contributed by atoms with van der Waals surface area (Å²) in [5, 5.41) is 3.01. The molecule has 4 aromatic heterocycles. The summed E-state index contributed by atoms with van der Waals surface area (Å²) < 4.78 is 6.18. The summed E-state index contributed by atoms with van der Waals surface area (Å²) in [5.41, 5.74) is 11.0. The predicted octanol–water partition coefficient (Wildman–Crippen LogP) is 8.57. The van der Waals surface area contributed by atoms with Gasteiger partial charge in [0.2, 0.25) is 0 Å². The van der Waals surface area contributed by atoms with Crippen LogP contribution in [0.3, 0.4) is 0 Å². The molecule has 0 aliphatic rings. The van der Waals surface area contributed by atoms with Crippen LogP contribution in [0.1, 0.15) is 0 Å². The Balaban J connectivity index is 1.26. The van der Waals surface area contributed by atoms with Crippen molar-refractivity contribution < 1.29 is 0 Å². The standard InChI is InChI=1S/C39H23N5O/c45-39-28-13-4-6-14-30(28)40-38-37-41-31-20-18-25(23-36(31)43(37)34-16-8-9-17-35(34)44(38)39)24-19-21-33-29(22-24)27-12-5-7-15-32(27)42(33)26-10-2-1-3-11-26/h1-23H. The number of hydrogen-bond acceptors (Lipinski definition) is 3. The molecule has 0 saturated heterocycles. The van der Waals surface area contributed by atoms with Gasteiger partial charge in [0.15, 0.2) is 11.3 Å². The highest BCUT2D eigenvalue weighted by atomic mass is 16.1. The van der Waals surface area contributed by atoms with E-state index in [-0.39, 0.29) is 5.56 Å². The third-order valence-corrected chi connectivity index (χ3v) is 9.01. The van der Waals surface area contributed by atoms with Crippen LogP contribution in [0.2, 0.25) is 0 Å². The maximum atomic E-state index is 13.8. The molecule has 0 atom stereocenters. The Hall–Kier alpha value is -6.27. The second-order valence-electron chi connectivity index (χ2n) is 11.5. The van der Waals surface area contributed by atoms with Crippen molar-refractivity contribution in [2.45, 2.75) is 0 Å². The van der Waals surface area contributed by atoms with Crippen molar-refractivity contribution >= 4 is 66.1 Å². The van der Waals surface area contributed by atoms with Crippen molar-refractivity contribution in [1.29, 1.82) is 0 Å². The Morgan fingerprint density at radius 2 is 1.02 bits per heavy atom. The highest BCUT2D eigenvalue weighted by Crippen LogP contribution is 2.36. The molecule has 6 heteroatoms. The van der Waals surface area contributed by atoms with Crippen LogP contribution in [0.5, 0.6) is 0 Å². The van der Waals surface area contributed by atoms with Gasteiger partial charge in [-0.15, -0.1) is 0 Å². The smallest absolute Gasteiger partial charge is 0.266 e. The average Bonchev–Trinajstić information content (AvgIpc) is 3.65. The predicted molar refractivity (Wildman–Crippen MR) is 183 cm³/mol. The molecule has 10 aromatic rings. The van der Waals surface area contributed by atoms with Crippen molar-refractivity contribution in [2.75, 3.05) is 0 Å². The Morgan fingerprint density at radius 3 is 1.87 bits per heavy atom. The number of hydrogen-bond donors (Lipinski definition) is 0. The lowest BCUT2D eigenvalue weighted by Gasteiger charge is -2.11. The number of para-hydroxylation sites is 5. The molecule has 0 unspecified atom stereocenters. The zero-order valence-electron chi connectivity index (χ0n) is 23.9. The highest BCUT2D eigenvalue weighted by Gasteiger charge is 2.18. The lowest BCUT2D eigenvalue weighted by Crippen LogP contribution is -2.17. The van der Waals surface area contributed by atoms with E-state index >= 15 is 0 Å². The summed E-state index contributed by atoms with van der Waals surface area (Å²) in [6.45, 7) is 0. The van der Waals surface area contributed by atoms with Crippen LogP contribution in [-0.4, -0.2) is 23.3 Å². The molecule has 0 amide bonds. The van der Waals surface area contributed by atoms with Crippen LogP contribution < -0.4 is 5.56 Å². The molecule has 0 radical (unpaired) electrons. The van der Waals surface area contributed by atoms with Crippen molar-refractivity contribution in [3.63, 3.8) is 0 Å². The molecule has 0 fully saturated rings. The first kappa shape index (κ1) is 24.2. The van der Waals surface area contributed by atoms with Crippen LogP contribution in [0.4, 0.5) is 0 Å². The maximum absolute atomic E-state index is 13.8. The number of aromatic nitrogens is 5. The van der Waals surface area contributed by atoms with E-state index in [4.69, 9.17) is 9.97 Å². The quantitative estimate of drug-likeness (QED) is 0.153. The Bertz CT molecular complexity index is 2900. The van der Waals surface area contributed by atoms with E-state index in [0.29, 0.717) is 22.2 Å². The normalized spacial score (nSPS) is 12.1. The van der Waals surface area contributed by atoms with Gasteiger partial charge in [0, 0.05) is 16.5 Å². The molecule has 6 nitrogen and oxygen atoms in total. The molecule has 0 N–H and O–H groups in total. The summed E-state index contributed by atoms with van der Waals surface area (Å²) >= 11 is 0. The lowest BCUT2D eigenvalue weighted by molar-refractivity contribution is 1.10. The molecule has 0 saturated carbocycles. The number of rotatable bonds is 2. The Morgan fingerprint density at radius 1 is 0.422 bits per heavy atom. The number of fused-ring (bicyclic) bond motifs is 12. The fourth-order valence-corrected chi connectivity index (χ4v) is 7.00. The molecule has 45 heavy (non-hydrogen) atoms. The van der Waals surface area contributed by atoms with Crippen LogP contribution in [0, 0.1) is 0 Å². The Kier molecular flexibility index (Phi) is 4.77. The third kappa shape index (κ3) is 3.30. The van der Waals surface area contributed by atoms with Gasteiger partial charge < -0.3 is 4.57 Å². The van der Waals surface area contributed by atoms with Gasteiger partial charge in [0.05, 0.1) is 44.0 Å². The minimum absolute atomic E-state index is 0.0926. The molecule has 0 bridgehead atoms. The SMILES string of the molecule is O=c1c2ccccc2nc2c3nc4ccc(-c5ccc6c(c5)c5ccccc5n6-c5ccccc5)cc4n3c3ccccc3n12. The molecule has 10 rings (SSSR count). The van der Waals surface area contributed by atoms with Crippen LogP contribution >= 0.6 is 0 Å². The van der Waals surface area contributed by atoms with Gasteiger partial charge in [-0.1, -0.05) is 72.8 Å². The topological polar surface area (TPSA) is 56.6 Å². The van der Waals surface area contributed by atoms with E-state index in [0.717, 1.165) is 38.9 Å². The largest absolute Gasteiger partial charge is 0.309 e.